The molecule has 0 saturated heterocycles. The predicted molar refractivity (Wildman–Crippen MR) is 59.6 cm³/mol. The van der Waals surface area contributed by atoms with Gasteiger partial charge in [0.15, 0.2) is 11.6 Å². The zero-order valence-corrected chi connectivity index (χ0v) is 9.05. The molecule has 2 aromatic rings. The zero-order valence-electron chi connectivity index (χ0n) is 9.05. The lowest BCUT2D eigenvalue weighted by molar-refractivity contribution is 0.178. The highest BCUT2D eigenvalue weighted by atomic mass is 16.5. The van der Waals surface area contributed by atoms with E-state index in [9.17, 15) is 0 Å². The first-order valence-corrected chi connectivity index (χ1v) is 5.02. The number of ether oxygens (including phenoxy) is 1. The second-order valence-corrected chi connectivity index (χ2v) is 3.46. The molecule has 0 aliphatic rings. The van der Waals surface area contributed by atoms with Gasteiger partial charge in [-0.15, -0.1) is 0 Å². The van der Waals surface area contributed by atoms with Crippen molar-refractivity contribution in [1.29, 1.82) is 0 Å². The highest BCUT2D eigenvalue weighted by Gasteiger charge is 2.13. The number of aromatic nitrogens is 3. The van der Waals surface area contributed by atoms with Gasteiger partial charge in [-0.05, 0) is 5.56 Å². The normalized spacial score (nSPS) is 12.6. The highest BCUT2D eigenvalue weighted by Crippen LogP contribution is 2.15. The average molecular weight is 218 g/mol. The Balaban J connectivity index is 2.17. The minimum atomic E-state index is -0.303. The van der Waals surface area contributed by atoms with Crippen LogP contribution in [0.2, 0.25) is 0 Å². The van der Waals surface area contributed by atoms with Gasteiger partial charge in [0.2, 0.25) is 0 Å². The van der Waals surface area contributed by atoms with Crippen molar-refractivity contribution in [3.8, 4) is 0 Å². The number of nitrogens with zero attached hydrogens (tertiary/aromatic N) is 2. The van der Waals surface area contributed by atoms with E-state index in [2.05, 4.69) is 15.2 Å². The van der Waals surface area contributed by atoms with E-state index >= 15 is 0 Å². The summed E-state index contributed by atoms with van der Waals surface area (Å²) < 4.78 is 4.95. The summed E-state index contributed by atoms with van der Waals surface area (Å²) in [6, 6.07) is 9.44. The number of benzene rings is 1. The van der Waals surface area contributed by atoms with Crippen LogP contribution in [-0.4, -0.2) is 22.3 Å². The van der Waals surface area contributed by atoms with Gasteiger partial charge in [-0.1, -0.05) is 30.3 Å². The van der Waals surface area contributed by atoms with Gasteiger partial charge in [-0.25, -0.2) is 4.98 Å². The van der Waals surface area contributed by atoms with Crippen molar-refractivity contribution < 1.29 is 4.74 Å². The fraction of sp³-hybridized carbons (Fsp3) is 0.273. The maximum atomic E-state index is 6.04. The van der Waals surface area contributed by atoms with Crippen molar-refractivity contribution in [3.05, 3.63) is 47.5 Å². The molecule has 5 nitrogen and oxygen atoms in total. The quantitative estimate of drug-likeness (QED) is 0.802. The Morgan fingerprint density at radius 3 is 2.81 bits per heavy atom. The summed E-state index contributed by atoms with van der Waals surface area (Å²) in [5.41, 5.74) is 7.03. The summed E-state index contributed by atoms with van der Waals surface area (Å²) in [5.74, 6) is 1.27. The van der Waals surface area contributed by atoms with Gasteiger partial charge >= 0.3 is 0 Å². The SMILES string of the molecule is COCc1nc([C@@H](N)c2ccccc2)n[nH]1. The first kappa shape index (κ1) is 10.8. The van der Waals surface area contributed by atoms with Gasteiger partial charge in [0.1, 0.15) is 6.61 Å². The minimum Gasteiger partial charge on any atom is -0.377 e. The molecule has 1 heterocycles. The standard InChI is InChI=1S/C11H14N4O/c1-16-7-9-13-11(15-14-9)10(12)8-5-3-2-4-6-8/h2-6,10H,7,12H2,1H3,(H,13,14,15)/t10-/m0/s1. The monoisotopic (exact) mass is 218 g/mol. The van der Waals surface area contributed by atoms with Gasteiger partial charge in [0, 0.05) is 7.11 Å². The average Bonchev–Trinajstić information content (AvgIpc) is 2.78. The Kier molecular flexibility index (Phi) is 3.28. The van der Waals surface area contributed by atoms with Crippen molar-refractivity contribution in [3.63, 3.8) is 0 Å². The van der Waals surface area contributed by atoms with Crippen LogP contribution in [-0.2, 0) is 11.3 Å². The number of hydrogen-bond donors (Lipinski definition) is 2. The summed E-state index contributed by atoms with van der Waals surface area (Å²) in [6.07, 6.45) is 0. The van der Waals surface area contributed by atoms with Crippen LogP contribution in [0.4, 0.5) is 0 Å². The smallest absolute Gasteiger partial charge is 0.171 e. The van der Waals surface area contributed by atoms with E-state index in [4.69, 9.17) is 10.5 Å². The summed E-state index contributed by atoms with van der Waals surface area (Å²) in [7, 11) is 1.61. The Labute approximate surface area is 93.7 Å². The number of H-pyrrole nitrogens is 1. The molecule has 0 spiro atoms. The van der Waals surface area contributed by atoms with E-state index in [1.807, 2.05) is 30.3 Å². The van der Waals surface area contributed by atoms with Crippen molar-refractivity contribution >= 4 is 0 Å². The first-order valence-electron chi connectivity index (χ1n) is 5.02. The molecule has 3 N–H and O–H groups in total. The van der Waals surface area contributed by atoms with Gasteiger partial charge < -0.3 is 10.5 Å². The molecule has 84 valence electrons. The van der Waals surface area contributed by atoms with Gasteiger partial charge in [-0.2, -0.15) is 5.10 Å². The molecule has 0 unspecified atom stereocenters. The van der Waals surface area contributed by atoms with Crippen molar-refractivity contribution in [2.24, 2.45) is 5.73 Å². The van der Waals surface area contributed by atoms with Crippen LogP contribution in [0.3, 0.4) is 0 Å². The van der Waals surface area contributed by atoms with Crippen LogP contribution in [0.15, 0.2) is 30.3 Å². The van der Waals surface area contributed by atoms with E-state index in [0.717, 1.165) is 5.56 Å². The highest BCUT2D eigenvalue weighted by molar-refractivity contribution is 5.23. The first-order chi connectivity index (χ1) is 7.81. The fourth-order valence-electron chi connectivity index (χ4n) is 1.46. The van der Waals surface area contributed by atoms with E-state index in [0.29, 0.717) is 18.3 Å². The minimum absolute atomic E-state index is 0.303. The van der Waals surface area contributed by atoms with Gasteiger partial charge in [0.25, 0.3) is 0 Å². The fourth-order valence-corrected chi connectivity index (χ4v) is 1.46. The largest absolute Gasteiger partial charge is 0.377 e. The van der Waals surface area contributed by atoms with Crippen LogP contribution in [0.5, 0.6) is 0 Å². The van der Waals surface area contributed by atoms with E-state index in [1.54, 1.807) is 7.11 Å². The van der Waals surface area contributed by atoms with Crippen LogP contribution in [0.25, 0.3) is 0 Å². The molecule has 0 fully saturated rings. The lowest BCUT2D eigenvalue weighted by Crippen LogP contribution is -2.13. The Bertz CT molecular complexity index is 440. The molecular weight excluding hydrogens is 204 g/mol. The number of nitrogens with two attached hydrogens (primary N) is 1. The third kappa shape index (κ3) is 2.26. The number of hydrogen-bond acceptors (Lipinski definition) is 4. The van der Waals surface area contributed by atoms with E-state index in [-0.39, 0.29) is 6.04 Å². The van der Waals surface area contributed by atoms with E-state index in [1.165, 1.54) is 0 Å². The summed E-state index contributed by atoms with van der Waals surface area (Å²) in [5, 5.41) is 6.86. The Morgan fingerprint density at radius 2 is 2.12 bits per heavy atom. The summed E-state index contributed by atoms with van der Waals surface area (Å²) >= 11 is 0. The van der Waals surface area contributed by atoms with Crippen molar-refractivity contribution in [2.45, 2.75) is 12.6 Å². The lowest BCUT2D eigenvalue weighted by Gasteiger charge is -2.06. The van der Waals surface area contributed by atoms with Gasteiger partial charge in [0.05, 0.1) is 6.04 Å². The molecule has 0 radical (unpaired) electrons. The molecule has 5 heteroatoms. The number of rotatable bonds is 4. The predicted octanol–water partition coefficient (Wildman–Crippen LogP) is 0.999. The summed E-state index contributed by atoms with van der Waals surface area (Å²) in [4.78, 5) is 4.26. The second-order valence-electron chi connectivity index (χ2n) is 3.46. The molecule has 0 amide bonds. The molecular formula is C11H14N4O. The Hall–Kier alpha value is -1.72. The maximum absolute atomic E-state index is 6.04. The second kappa shape index (κ2) is 4.87. The molecule has 1 atom stereocenters. The topological polar surface area (TPSA) is 76.8 Å². The maximum Gasteiger partial charge on any atom is 0.171 e. The molecule has 16 heavy (non-hydrogen) atoms. The van der Waals surface area contributed by atoms with Crippen LogP contribution in [0.1, 0.15) is 23.3 Å². The van der Waals surface area contributed by atoms with Gasteiger partial charge in [-0.3, -0.25) is 5.10 Å². The molecule has 1 aromatic carbocycles. The lowest BCUT2D eigenvalue weighted by atomic mass is 10.1. The van der Waals surface area contributed by atoms with Crippen LogP contribution >= 0.6 is 0 Å². The third-order valence-electron chi connectivity index (χ3n) is 2.27. The molecule has 0 aliphatic carbocycles. The third-order valence-corrected chi connectivity index (χ3v) is 2.27. The zero-order chi connectivity index (χ0) is 11.4. The van der Waals surface area contributed by atoms with Crippen LogP contribution < -0.4 is 5.73 Å². The molecule has 0 bridgehead atoms. The van der Waals surface area contributed by atoms with Crippen molar-refractivity contribution in [1.82, 2.24) is 15.2 Å². The van der Waals surface area contributed by atoms with E-state index < -0.39 is 0 Å². The van der Waals surface area contributed by atoms with Crippen molar-refractivity contribution in [2.75, 3.05) is 7.11 Å². The molecule has 0 saturated carbocycles. The number of methoxy groups -OCH3 is 1. The molecule has 0 aliphatic heterocycles. The van der Waals surface area contributed by atoms with Crippen LogP contribution in [0, 0.1) is 0 Å². The summed E-state index contributed by atoms with van der Waals surface area (Å²) in [6.45, 7) is 0.411. The number of nitrogens with one attached hydrogen (secondary N) is 1. The molecule has 2 rings (SSSR count). The molecule has 1 aromatic heterocycles. The Morgan fingerprint density at radius 1 is 1.38 bits per heavy atom. The number of aromatic amines is 1.